The highest BCUT2D eigenvalue weighted by Gasteiger charge is 2.34. The summed E-state index contributed by atoms with van der Waals surface area (Å²) in [5.41, 5.74) is 6.39. The summed E-state index contributed by atoms with van der Waals surface area (Å²) in [4.78, 5) is 50.9. The van der Waals surface area contributed by atoms with E-state index in [0.29, 0.717) is 27.1 Å². The van der Waals surface area contributed by atoms with Crippen LogP contribution in [-0.2, 0) is 6.54 Å². The second-order valence-corrected chi connectivity index (χ2v) is 7.28. The Morgan fingerprint density at radius 3 is 2.17 bits per heavy atom. The number of thiophene rings is 1. The molecule has 4 amide bonds. The van der Waals surface area contributed by atoms with Gasteiger partial charge in [0.15, 0.2) is 0 Å². The SMILES string of the molecule is O=C(NNC(=O)c1cccs1)c1cccc(CN2C(=O)c3ccccc3C2=O)c1. The summed E-state index contributed by atoms with van der Waals surface area (Å²) in [5, 5.41) is 1.76. The number of hydrogen-bond donors (Lipinski definition) is 2. The second-order valence-electron chi connectivity index (χ2n) is 6.33. The Morgan fingerprint density at radius 2 is 1.52 bits per heavy atom. The van der Waals surface area contributed by atoms with E-state index in [9.17, 15) is 19.2 Å². The first kappa shape index (κ1) is 18.6. The number of nitrogens with one attached hydrogen (secondary N) is 2. The molecule has 7 nitrogen and oxygen atoms in total. The topological polar surface area (TPSA) is 95.6 Å². The van der Waals surface area contributed by atoms with Gasteiger partial charge in [0.2, 0.25) is 0 Å². The van der Waals surface area contributed by atoms with Crippen LogP contribution in [0.5, 0.6) is 0 Å². The third-order valence-electron chi connectivity index (χ3n) is 4.44. The van der Waals surface area contributed by atoms with Crippen molar-refractivity contribution in [1.82, 2.24) is 15.8 Å². The Bertz CT molecular complexity index is 1090. The number of benzene rings is 2. The minimum atomic E-state index is -0.501. The molecule has 0 radical (unpaired) electrons. The summed E-state index contributed by atoms with van der Waals surface area (Å²) in [6.07, 6.45) is 0. The monoisotopic (exact) mass is 405 g/mol. The minimum absolute atomic E-state index is 0.0506. The molecule has 1 aliphatic heterocycles. The summed E-state index contributed by atoms with van der Waals surface area (Å²) >= 11 is 1.26. The normalized spacial score (nSPS) is 12.6. The molecule has 29 heavy (non-hydrogen) atoms. The fourth-order valence-corrected chi connectivity index (χ4v) is 3.65. The van der Waals surface area contributed by atoms with Gasteiger partial charge in [-0.05, 0) is 41.3 Å². The van der Waals surface area contributed by atoms with Crippen molar-refractivity contribution in [1.29, 1.82) is 0 Å². The number of amides is 4. The largest absolute Gasteiger partial charge is 0.279 e. The lowest BCUT2D eigenvalue weighted by Gasteiger charge is -2.14. The van der Waals surface area contributed by atoms with E-state index in [1.54, 1.807) is 66.0 Å². The lowest BCUT2D eigenvalue weighted by Crippen LogP contribution is -2.41. The first-order chi connectivity index (χ1) is 14.0. The molecule has 0 aliphatic carbocycles. The van der Waals surface area contributed by atoms with E-state index in [1.807, 2.05) is 0 Å². The maximum Gasteiger partial charge on any atom is 0.279 e. The van der Waals surface area contributed by atoms with E-state index in [2.05, 4.69) is 10.9 Å². The van der Waals surface area contributed by atoms with Crippen molar-refractivity contribution >= 4 is 35.0 Å². The number of rotatable bonds is 4. The number of hydrogen-bond acceptors (Lipinski definition) is 5. The van der Waals surface area contributed by atoms with Gasteiger partial charge in [-0.15, -0.1) is 11.3 Å². The number of carbonyl (C=O) groups excluding carboxylic acids is 4. The van der Waals surface area contributed by atoms with Crippen LogP contribution in [0.15, 0.2) is 66.0 Å². The highest BCUT2D eigenvalue weighted by molar-refractivity contribution is 7.12. The summed E-state index contributed by atoms with van der Waals surface area (Å²) < 4.78 is 0. The molecule has 0 saturated heterocycles. The summed E-state index contributed by atoms with van der Waals surface area (Å²) in [6, 6.07) is 16.6. The number of hydrazine groups is 1. The molecule has 2 N–H and O–H groups in total. The lowest BCUT2D eigenvalue weighted by molar-refractivity contribution is 0.0642. The molecule has 0 saturated carbocycles. The van der Waals surface area contributed by atoms with Crippen LogP contribution < -0.4 is 10.9 Å². The van der Waals surface area contributed by atoms with Crippen LogP contribution in [0.2, 0.25) is 0 Å². The molecule has 2 heterocycles. The van der Waals surface area contributed by atoms with Gasteiger partial charge in [-0.3, -0.25) is 34.9 Å². The molecule has 0 atom stereocenters. The first-order valence-electron chi connectivity index (χ1n) is 8.73. The van der Waals surface area contributed by atoms with E-state index in [1.165, 1.54) is 11.3 Å². The van der Waals surface area contributed by atoms with E-state index < -0.39 is 11.8 Å². The van der Waals surface area contributed by atoms with Crippen LogP contribution in [0.1, 0.15) is 46.3 Å². The predicted molar refractivity (Wildman–Crippen MR) is 106 cm³/mol. The summed E-state index contributed by atoms with van der Waals surface area (Å²) in [7, 11) is 0. The molecule has 1 aliphatic rings. The van der Waals surface area contributed by atoms with Crippen LogP contribution >= 0.6 is 11.3 Å². The Hall–Kier alpha value is -3.78. The predicted octanol–water partition coefficient (Wildman–Crippen LogP) is 2.62. The molecular weight excluding hydrogens is 390 g/mol. The number of fused-ring (bicyclic) bond motifs is 1. The fourth-order valence-electron chi connectivity index (χ4n) is 3.03. The fraction of sp³-hybridized carbons (Fsp3) is 0.0476. The average molecular weight is 405 g/mol. The molecule has 4 rings (SSSR count). The Morgan fingerprint density at radius 1 is 0.828 bits per heavy atom. The van der Waals surface area contributed by atoms with Gasteiger partial charge in [0.1, 0.15) is 0 Å². The maximum atomic E-state index is 12.5. The Kier molecular flexibility index (Phi) is 4.92. The van der Waals surface area contributed by atoms with Crippen molar-refractivity contribution in [2.75, 3.05) is 0 Å². The standard InChI is InChI=1S/C21H15N3O4S/c25-18(22-23-19(26)17-9-4-10-29-17)14-6-3-5-13(11-14)12-24-20(27)15-7-1-2-8-16(15)21(24)28/h1-11H,12H2,(H,22,25)(H,23,26). The van der Waals surface area contributed by atoms with E-state index >= 15 is 0 Å². The average Bonchev–Trinajstić information content (AvgIpc) is 3.36. The highest BCUT2D eigenvalue weighted by Crippen LogP contribution is 2.24. The van der Waals surface area contributed by atoms with Gasteiger partial charge in [-0.1, -0.05) is 30.3 Å². The molecule has 0 unspecified atom stereocenters. The molecule has 1 aromatic heterocycles. The van der Waals surface area contributed by atoms with Crippen LogP contribution in [0.3, 0.4) is 0 Å². The minimum Gasteiger partial charge on any atom is -0.270 e. The van der Waals surface area contributed by atoms with Gasteiger partial charge < -0.3 is 0 Å². The second kappa shape index (κ2) is 7.69. The van der Waals surface area contributed by atoms with Crippen LogP contribution in [0.4, 0.5) is 0 Å². The number of carbonyl (C=O) groups is 4. The van der Waals surface area contributed by atoms with E-state index in [4.69, 9.17) is 0 Å². The van der Waals surface area contributed by atoms with Crippen molar-refractivity contribution in [2.45, 2.75) is 6.54 Å². The lowest BCUT2D eigenvalue weighted by atomic mass is 10.1. The Labute approximate surface area is 169 Å². The van der Waals surface area contributed by atoms with Gasteiger partial charge in [0.25, 0.3) is 23.6 Å². The van der Waals surface area contributed by atoms with Gasteiger partial charge in [0, 0.05) is 5.56 Å². The maximum absolute atomic E-state index is 12.5. The third-order valence-corrected chi connectivity index (χ3v) is 5.31. The van der Waals surface area contributed by atoms with Gasteiger partial charge >= 0.3 is 0 Å². The van der Waals surface area contributed by atoms with Crippen molar-refractivity contribution < 1.29 is 19.2 Å². The zero-order chi connectivity index (χ0) is 20.4. The highest BCUT2D eigenvalue weighted by atomic mass is 32.1. The van der Waals surface area contributed by atoms with Crippen molar-refractivity contribution in [3.05, 3.63) is 93.2 Å². The van der Waals surface area contributed by atoms with Crippen molar-refractivity contribution in [3.63, 3.8) is 0 Å². The van der Waals surface area contributed by atoms with Gasteiger partial charge in [0.05, 0.1) is 22.5 Å². The first-order valence-corrected chi connectivity index (χ1v) is 9.61. The summed E-state index contributed by atoms with van der Waals surface area (Å²) in [6.45, 7) is 0.0506. The van der Waals surface area contributed by atoms with Crippen LogP contribution in [-0.4, -0.2) is 28.5 Å². The summed E-state index contributed by atoms with van der Waals surface area (Å²) in [5.74, 6) is -1.62. The molecule has 8 heteroatoms. The smallest absolute Gasteiger partial charge is 0.270 e. The van der Waals surface area contributed by atoms with Crippen molar-refractivity contribution in [2.24, 2.45) is 0 Å². The molecule has 2 aromatic carbocycles. The van der Waals surface area contributed by atoms with Gasteiger partial charge in [-0.2, -0.15) is 0 Å². The number of nitrogens with zero attached hydrogens (tertiary/aromatic N) is 1. The molecule has 0 spiro atoms. The molecule has 3 aromatic rings. The number of imide groups is 1. The Balaban J connectivity index is 1.44. The van der Waals surface area contributed by atoms with E-state index in [0.717, 1.165) is 4.90 Å². The molecule has 0 bridgehead atoms. The van der Waals surface area contributed by atoms with E-state index in [-0.39, 0.29) is 18.4 Å². The van der Waals surface area contributed by atoms with Crippen molar-refractivity contribution in [3.8, 4) is 0 Å². The zero-order valence-corrected chi connectivity index (χ0v) is 15.9. The third kappa shape index (κ3) is 3.65. The quantitative estimate of drug-likeness (QED) is 0.515. The molecular formula is C21H15N3O4S. The van der Waals surface area contributed by atoms with Crippen LogP contribution in [0, 0.1) is 0 Å². The van der Waals surface area contributed by atoms with Gasteiger partial charge in [-0.25, -0.2) is 0 Å². The zero-order valence-electron chi connectivity index (χ0n) is 15.0. The molecule has 144 valence electrons. The molecule has 0 fully saturated rings. The van der Waals surface area contributed by atoms with Crippen LogP contribution in [0.25, 0.3) is 0 Å².